The van der Waals surface area contributed by atoms with Crippen LogP contribution in [0.15, 0.2) is 48.5 Å². The minimum Gasteiger partial charge on any atom is -0.493 e. The topological polar surface area (TPSA) is 84.9 Å². The number of carboxylic acid groups (broad SMARTS) is 1. The molecule has 2 aromatic carbocycles. The van der Waals surface area contributed by atoms with Crippen molar-refractivity contribution in [2.45, 2.75) is 25.3 Å². The van der Waals surface area contributed by atoms with E-state index in [-0.39, 0.29) is 18.7 Å². The Balaban J connectivity index is 1.99. The van der Waals surface area contributed by atoms with E-state index in [1.165, 1.54) is 0 Å². The maximum atomic E-state index is 12.3. The Hall–Kier alpha value is -3.02. The summed E-state index contributed by atoms with van der Waals surface area (Å²) in [7, 11) is 3.13. The van der Waals surface area contributed by atoms with Crippen LogP contribution in [-0.2, 0) is 16.0 Å². The van der Waals surface area contributed by atoms with E-state index in [2.05, 4.69) is 5.32 Å². The first-order valence-electron chi connectivity index (χ1n) is 8.30. The molecule has 0 saturated heterocycles. The maximum absolute atomic E-state index is 12.3. The van der Waals surface area contributed by atoms with E-state index in [0.717, 1.165) is 11.1 Å². The number of carbonyl (C=O) groups excluding carboxylic acids is 1. The van der Waals surface area contributed by atoms with Crippen molar-refractivity contribution in [1.29, 1.82) is 0 Å². The largest absolute Gasteiger partial charge is 0.493 e. The van der Waals surface area contributed by atoms with E-state index in [9.17, 15) is 9.59 Å². The first-order chi connectivity index (χ1) is 12.5. The summed E-state index contributed by atoms with van der Waals surface area (Å²) in [6.45, 7) is 0. The first kappa shape index (κ1) is 19.3. The highest BCUT2D eigenvalue weighted by molar-refractivity contribution is 5.78. The second-order valence-electron chi connectivity index (χ2n) is 5.82. The number of nitrogens with one attached hydrogen (secondary N) is 1. The van der Waals surface area contributed by atoms with Crippen molar-refractivity contribution in [2.75, 3.05) is 14.2 Å². The van der Waals surface area contributed by atoms with E-state index < -0.39 is 12.0 Å². The molecular weight excluding hydrogens is 334 g/mol. The van der Waals surface area contributed by atoms with E-state index in [0.29, 0.717) is 17.9 Å². The van der Waals surface area contributed by atoms with Gasteiger partial charge in [0.15, 0.2) is 11.5 Å². The first-order valence-corrected chi connectivity index (χ1v) is 8.30. The summed E-state index contributed by atoms with van der Waals surface area (Å²) in [4.78, 5) is 23.4. The fourth-order valence-electron chi connectivity index (χ4n) is 2.67. The Kier molecular flexibility index (Phi) is 7.02. The third-order valence-corrected chi connectivity index (χ3v) is 4.00. The van der Waals surface area contributed by atoms with Crippen LogP contribution in [0.2, 0.25) is 0 Å². The summed E-state index contributed by atoms with van der Waals surface area (Å²) in [5.41, 5.74) is 1.71. The molecule has 1 unspecified atom stereocenters. The molecule has 0 saturated carbocycles. The average molecular weight is 357 g/mol. The van der Waals surface area contributed by atoms with Crippen LogP contribution in [0.3, 0.4) is 0 Å². The van der Waals surface area contributed by atoms with Crippen molar-refractivity contribution in [3.8, 4) is 11.5 Å². The lowest BCUT2D eigenvalue weighted by atomic mass is 10.0. The zero-order valence-corrected chi connectivity index (χ0v) is 14.9. The molecule has 0 spiro atoms. The molecule has 0 fully saturated rings. The molecule has 6 heteroatoms. The van der Waals surface area contributed by atoms with Crippen LogP contribution < -0.4 is 14.8 Å². The Morgan fingerprint density at radius 3 is 2.35 bits per heavy atom. The molecule has 26 heavy (non-hydrogen) atoms. The molecule has 2 aromatic rings. The van der Waals surface area contributed by atoms with Crippen molar-refractivity contribution in [2.24, 2.45) is 0 Å². The van der Waals surface area contributed by atoms with Gasteiger partial charge >= 0.3 is 5.97 Å². The number of ether oxygens (including phenoxy) is 2. The van der Waals surface area contributed by atoms with E-state index >= 15 is 0 Å². The van der Waals surface area contributed by atoms with Crippen LogP contribution in [0.25, 0.3) is 0 Å². The van der Waals surface area contributed by atoms with Gasteiger partial charge < -0.3 is 19.9 Å². The fraction of sp³-hybridized carbons (Fsp3) is 0.300. The van der Waals surface area contributed by atoms with Gasteiger partial charge in [-0.25, -0.2) is 0 Å². The van der Waals surface area contributed by atoms with Crippen molar-refractivity contribution < 1.29 is 24.2 Å². The predicted molar refractivity (Wildman–Crippen MR) is 97.4 cm³/mol. The third-order valence-electron chi connectivity index (χ3n) is 4.00. The summed E-state index contributed by atoms with van der Waals surface area (Å²) in [5.74, 6) is 0.0821. The zero-order valence-electron chi connectivity index (χ0n) is 14.9. The van der Waals surface area contributed by atoms with Crippen LogP contribution in [0.5, 0.6) is 11.5 Å². The number of methoxy groups -OCH3 is 2. The zero-order chi connectivity index (χ0) is 18.9. The molecule has 2 rings (SSSR count). The van der Waals surface area contributed by atoms with E-state index in [1.807, 2.05) is 42.5 Å². The van der Waals surface area contributed by atoms with Gasteiger partial charge in [-0.2, -0.15) is 0 Å². The van der Waals surface area contributed by atoms with Gasteiger partial charge in [-0.05, 0) is 29.7 Å². The van der Waals surface area contributed by atoms with Gasteiger partial charge in [0.05, 0.1) is 26.7 Å². The second-order valence-corrected chi connectivity index (χ2v) is 5.82. The highest BCUT2D eigenvalue weighted by atomic mass is 16.5. The highest BCUT2D eigenvalue weighted by Gasteiger charge is 2.18. The summed E-state index contributed by atoms with van der Waals surface area (Å²) in [6, 6.07) is 14.1. The van der Waals surface area contributed by atoms with Crippen molar-refractivity contribution in [3.05, 3.63) is 59.7 Å². The van der Waals surface area contributed by atoms with Crippen molar-refractivity contribution >= 4 is 11.9 Å². The van der Waals surface area contributed by atoms with Gasteiger partial charge in [-0.1, -0.05) is 36.4 Å². The fourth-order valence-corrected chi connectivity index (χ4v) is 2.67. The normalized spacial score (nSPS) is 11.5. The Labute approximate surface area is 152 Å². The van der Waals surface area contributed by atoms with Gasteiger partial charge in [0, 0.05) is 6.42 Å². The Morgan fingerprint density at radius 1 is 1.04 bits per heavy atom. The summed E-state index contributed by atoms with van der Waals surface area (Å²) < 4.78 is 10.5. The molecule has 0 aliphatic rings. The molecule has 0 aromatic heterocycles. The molecule has 1 atom stereocenters. The standard InChI is InChI=1S/C20H23NO5/c1-25-17-10-8-14(12-18(17)26-2)9-11-19(22)21-16(13-20(23)24)15-6-4-3-5-7-15/h3-8,10,12,16H,9,11,13H2,1-2H3,(H,21,22)(H,23,24). The molecule has 0 bridgehead atoms. The summed E-state index contributed by atoms with van der Waals surface area (Å²) >= 11 is 0. The molecule has 0 aliphatic heterocycles. The van der Waals surface area contributed by atoms with Gasteiger partial charge in [0.2, 0.25) is 5.91 Å². The Bertz CT molecular complexity index is 745. The molecule has 2 N–H and O–H groups in total. The number of rotatable bonds is 9. The number of benzene rings is 2. The van der Waals surface area contributed by atoms with Gasteiger partial charge in [0.1, 0.15) is 0 Å². The van der Waals surface area contributed by atoms with Crippen LogP contribution in [0.1, 0.15) is 30.0 Å². The van der Waals surface area contributed by atoms with Crippen LogP contribution >= 0.6 is 0 Å². The van der Waals surface area contributed by atoms with Crippen molar-refractivity contribution in [1.82, 2.24) is 5.32 Å². The summed E-state index contributed by atoms with van der Waals surface area (Å²) in [5, 5.41) is 11.9. The number of carbonyl (C=O) groups is 2. The maximum Gasteiger partial charge on any atom is 0.305 e. The van der Waals surface area contributed by atoms with Crippen LogP contribution in [0.4, 0.5) is 0 Å². The average Bonchev–Trinajstić information content (AvgIpc) is 2.66. The number of aryl methyl sites for hydroxylation is 1. The lowest BCUT2D eigenvalue weighted by molar-refractivity contribution is -0.137. The molecular formula is C20H23NO5. The minimum atomic E-state index is -0.959. The molecule has 0 aliphatic carbocycles. The smallest absolute Gasteiger partial charge is 0.305 e. The number of amides is 1. The monoisotopic (exact) mass is 357 g/mol. The van der Waals surface area contributed by atoms with Gasteiger partial charge in [-0.3, -0.25) is 9.59 Å². The molecule has 0 radical (unpaired) electrons. The summed E-state index contributed by atoms with van der Waals surface area (Å²) in [6.07, 6.45) is 0.602. The molecule has 6 nitrogen and oxygen atoms in total. The SMILES string of the molecule is COc1ccc(CCC(=O)NC(CC(=O)O)c2ccccc2)cc1OC. The lowest BCUT2D eigenvalue weighted by Crippen LogP contribution is -2.30. The molecule has 1 amide bonds. The number of hydrogen-bond acceptors (Lipinski definition) is 4. The van der Waals surface area contributed by atoms with E-state index in [1.54, 1.807) is 20.3 Å². The molecule has 0 heterocycles. The number of hydrogen-bond donors (Lipinski definition) is 2. The minimum absolute atomic E-state index is 0.161. The van der Waals surface area contributed by atoms with E-state index in [4.69, 9.17) is 14.6 Å². The molecule has 138 valence electrons. The third kappa shape index (κ3) is 5.51. The lowest BCUT2D eigenvalue weighted by Gasteiger charge is -2.17. The second kappa shape index (κ2) is 9.46. The van der Waals surface area contributed by atoms with Crippen molar-refractivity contribution in [3.63, 3.8) is 0 Å². The van der Waals surface area contributed by atoms with Crippen LogP contribution in [-0.4, -0.2) is 31.2 Å². The van der Waals surface area contributed by atoms with Crippen LogP contribution in [0, 0.1) is 0 Å². The predicted octanol–water partition coefficient (Wildman–Crippen LogP) is 2.97. The highest BCUT2D eigenvalue weighted by Crippen LogP contribution is 2.28. The van der Waals surface area contributed by atoms with Gasteiger partial charge in [-0.15, -0.1) is 0 Å². The number of aliphatic carboxylic acids is 1. The quantitative estimate of drug-likeness (QED) is 0.721. The Morgan fingerprint density at radius 2 is 1.73 bits per heavy atom. The number of carboxylic acids is 1. The van der Waals surface area contributed by atoms with Gasteiger partial charge in [0.25, 0.3) is 0 Å².